The van der Waals surface area contributed by atoms with Crippen LogP contribution in [0.25, 0.3) is 0 Å². The molecule has 6 N–H and O–H groups in total. The molecule has 2 amide bonds. The first-order valence-electron chi connectivity index (χ1n) is 9.98. The zero-order valence-corrected chi connectivity index (χ0v) is 22.0. The van der Waals surface area contributed by atoms with Crippen LogP contribution in [0.15, 0.2) is 27.0 Å². The van der Waals surface area contributed by atoms with Crippen molar-refractivity contribution in [3.63, 3.8) is 0 Å². The Morgan fingerprint density at radius 2 is 2.19 bits per heavy atom. The van der Waals surface area contributed by atoms with Gasteiger partial charge in [-0.05, 0) is 16.0 Å². The second kappa shape index (κ2) is 10.8. The number of β-lactam (4-membered cyclic amide) rings is 1. The quantitative estimate of drug-likeness (QED) is 0.0703. The van der Waals surface area contributed by atoms with Crippen LogP contribution in [0, 0.1) is 0 Å². The lowest BCUT2D eigenvalue weighted by Crippen LogP contribution is -2.71. The number of anilines is 1. The number of fused-ring (bicyclic) bond motifs is 1. The van der Waals surface area contributed by atoms with Gasteiger partial charge in [0.2, 0.25) is 11.5 Å². The normalized spacial score (nSPS) is 19.9. The van der Waals surface area contributed by atoms with E-state index in [1.165, 1.54) is 33.6 Å². The number of carboxylic acids is 1. The molecule has 4 heterocycles. The number of rotatable bonds is 10. The molecule has 0 saturated carbocycles. The molecule has 0 radical (unpaired) electrons. The summed E-state index contributed by atoms with van der Waals surface area (Å²) >= 11 is 3.46. The number of nitrogen functional groups attached to an aromatic ring is 1. The molecular weight excluding hydrogens is 573 g/mol. The van der Waals surface area contributed by atoms with Crippen LogP contribution in [-0.4, -0.2) is 97.7 Å². The summed E-state index contributed by atoms with van der Waals surface area (Å²) in [6.07, 6.45) is -1.09. The third-order valence-electron chi connectivity index (χ3n) is 4.85. The highest BCUT2D eigenvalue weighted by atomic mass is 32.2. The van der Waals surface area contributed by atoms with E-state index >= 15 is 0 Å². The van der Waals surface area contributed by atoms with Crippen molar-refractivity contribution in [2.45, 2.75) is 16.6 Å². The minimum absolute atomic E-state index is 0.0330. The zero-order valence-electron chi connectivity index (χ0n) is 18.6. The Morgan fingerprint density at radius 1 is 1.43 bits per heavy atom. The maximum absolute atomic E-state index is 13.0. The van der Waals surface area contributed by atoms with Gasteiger partial charge in [-0.1, -0.05) is 16.9 Å². The van der Waals surface area contributed by atoms with Crippen molar-refractivity contribution in [3.05, 3.63) is 22.3 Å². The lowest BCUT2D eigenvalue weighted by atomic mass is 10.0. The van der Waals surface area contributed by atoms with Crippen LogP contribution in [-0.2, 0) is 30.8 Å². The second-order valence-electron chi connectivity index (χ2n) is 7.43. The minimum atomic E-state index is -4.58. The molecule has 0 spiro atoms. The molecule has 0 bridgehead atoms. The molecule has 4 rings (SSSR count). The van der Waals surface area contributed by atoms with E-state index in [0.29, 0.717) is 10.7 Å². The summed E-state index contributed by atoms with van der Waals surface area (Å²) in [5.41, 5.74) is 5.42. The Balaban J connectivity index is 1.50. The second-order valence-corrected chi connectivity index (χ2v) is 12.0. The van der Waals surface area contributed by atoms with Gasteiger partial charge in [-0.2, -0.15) is 0 Å². The van der Waals surface area contributed by atoms with Crippen LogP contribution in [0.3, 0.4) is 0 Å². The van der Waals surface area contributed by atoms with Crippen molar-refractivity contribution < 1.29 is 38.7 Å². The Kier molecular flexibility index (Phi) is 7.85. The molecular formula is C16H18N9O8PS3. The summed E-state index contributed by atoms with van der Waals surface area (Å²) in [5, 5.41) is 28.1. The number of aryl methyl sites for hydroxylation is 1. The van der Waals surface area contributed by atoms with Crippen LogP contribution in [0.1, 0.15) is 5.69 Å². The smallest absolute Gasteiger partial charge is 0.365 e. The molecule has 0 aromatic carbocycles. The van der Waals surface area contributed by atoms with E-state index in [9.17, 15) is 24.1 Å². The number of aromatic nitrogens is 5. The van der Waals surface area contributed by atoms with Gasteiger partial charge in [0.05, 0.1) is 0 Å². The van der Waals surface area contributed by atoms with E-state index in [1.807, 2.05) is 0 Å². The van der Waals surface area contributed by atoms with Crippen LogP contribution in [0.2, 0.25) is 0 Å². The third-order valence-corrected chi connectivity index (χ3v) is 8.42. The molecule has 21 heteroatoms. The molecule has 17 nitrogen and oxygen atoms in total. The maximum atomic E-state index is 13.0. The molecule has 1 unspecified atom stereocenters. The number of hydrogen-bond donors (Lipinski definition) is 5. The van der Waals surface area contributed by atoms with Crippen LogP contribution in [0.4, 0.5) is 5.13 Å². The van der Waals surface area contributed by atoms with Crippen LogP contribution >= 0.6 is 42.5 Å². The highest BCUT2D eigenvalue weighted by molar-refractivity contribution is 8.01. The van der Waals surface area contributed by atoms with E-state index in [2.05, 4.69) is 35.8 Å². The van der Waals surface area contributed by atoms with Crippen molar-refractivity contribution in [1.29, 1.82) is 0 Å². The maximum Gasteiger partial charge on any atom is 0.365 e. The van der Waals surface area contributed by atoms with E-state index < -0.39 is 48.9 Å². The first kappa shape index (κ1) is 27.0. The third kappa shape index (κ3) is 5.94. The number of thioether (sulfide) groups is 2. The Hall–Kier alpha value is -3.03. The number of amides is 2. The number of nitrogens with zero attached hydrogens (tertiary/aromatic N) is 7. The fourth-order valence-corrected chi connectivity index (χ4v) is 6.36. The predicted molar refractivity (Wildman–Crippen MR) is 130 cm³/mol. The van der Waals surface area contributed by atoms with Gasteiger partial charge in [-0.25, -0.2) is 14.5 Å². The monoisotopic (exact) mass is 591 g/mol. The summed E-state index contributed by atoms with van der Waals surface area (Å²) in [6, 6.07) is -1.09. The molecule has 2 aliphatic heterocycles. The largest absolute Gasteiger partial charge is 0.477 e. The molecule has 0 aliphatic carbocycles. The van der Waals surface area contributed by atoms with Gasteiger partial charge in [0.25, 0.3) is 11.8 Å². The van der Waals surface area contributed by atoms with Crippen molar-refractivity contribution in [3.8, 4) is 0 Å². The van der Waals surface area contributed by atoms with Gasteiger partial charge in [0.1, 0.15) is 22.8 Å². The molecule has 2 aromatic rings. The number of carboxylic acid groups (broad SMARTS) is 1. The van der Waals surface area contributed by atoms with Crippen molar-refractivity contribution in [2.75, 3.05) is 23.6 Å². The molecule has 2 aliphatic rings. The summed E-state index contributed by atoms with van der Waals surface area (Å²) in [7, 11) is -2.94. The van der Waals surface area contributed by atoms with E-state index in [1.54, 1.807) is 7.05 Å². The number of aliphatic carboxylic acids is 1. The van der Waals surface area contributed by atoms with Crippen LogP contribution < -0.4 is 11.1 Å². The van der Waals surface area contributed by atoms with E-state index in [4.69, 9.17) is 15.5 Å². The van der Waals surface area contributed by atoms with Crippen molar-refractivity contribution in [1.82, 2.24) is 35.4 Å². The summed E-state index contributed by atoms with van der Waals surface area (Å²) < 4.78 is 12.5. The molecule has 37 heavy (non-hydrogen) atoms. The van der Waals surface area contributed by atoms with Gasteiger partial charge in [0.15, 0.2) is 10.8 Å². The fourth-order valence-electron chi connectivity index (χ4n) is 3.27. The number of carbonyl (C=O) groups is 3. The molecule has 198 valence electrons. The first-order valence-corrected chi connectivity index (χ1v) is 14.7. The average molecular weight is 592 g/mol. The predicted octanol–water partition coefficient (Wildman–Crippen LogP) is -1.36. The van der Waals surface area contributed by atoms with E-state index in [0.717, 1.165) is 16.2 Å². The molecule has 2 atom stereocenters. The minimum Gasteiger partial charge on any atom is -0.477 e. The highest BCUT2D eigenvalue weighted by Gasteiger charge is 2.54. The number of nitrogens with one attached hydrogen (secondary N) is 1. The lowest BCUT2D eigenvalue weighted by Gasteiger charge is -2.49. The van der Waals surface area contributed by atoms with Gasteiger partial charge in [-0.3, -0.25) is 19.1 Å². The number of hydrogen-bond acceptors (Lipinski definition) is 14. The van der Waals surface area contributed by atoms with Gasteiger partial charge >= 0.3 is 13.6 Å². The Labute approximate surface area is 219 Å². The summed E-state index contributed by atoms with van der Waals surface area (Å²) in [5.74, 6) is -2.36. The summed E-state index contributed by atoms with van der Waals surface area (Å²) in [6.45, 7) is 0. The van der Waals surface area contributed by atoms with Crippen molar-refractivity contribution >= 4 is 71.1 Å². The molecule has 1 fully saturated rings. The summed E-state index contributed by atoms with van der Waals surface area (Å²) in [4.78, 5) is 65.5. The standard InChI is InChI=1S/C16H18N9O8PS3/c1-24-16(20-22-23-24)37-3-6-2-35-13-9(12(27)25(13)10(6)14(28)29)19-11(26)8(7-4-36-15(17)18-7)21-33-5-34(30,31)32/h4,9,13H,2-3,5H2,1H3,(H2,17,18)(H,19,26)(H,28,29)(H2,30,31,32)/t9?,13-/m1/s1. The number of oxime groups is 1. The van der Waals surface area contributed by atoms with Gasteiger partial charge < -0.3 is 30.8 Å². The fraction of sp³-hybridized carbons (Fsp3) is 0.375. The number of nitrogens with two attached hydrogens (primary N) is 1. The number of thiazole rings is 1. The van der Waals surface area contributed by atoms with Gasteiger partial charge in [-0.15, -0.1) is 28.2 Å². The molecule has 2 aromatic heterocycles. The average Bonchev–Trinajstić information content (AvgIpc) is 3.44. The van der Waals surface area contributed by atoms with Crippen LogP contribution in [0.5, 0.6) is 0 Å². The lowest BCUT2D eigenvalue weighted by molar-refractivity contribution is -0.150. The SMILES string of the molecule is Cn1nnnc1SCC1=C(C(=O)O)N2C(=O)C(NC(=O)C(=NOCP(=O)(O)O)c3csc(N)n3)[C@H]2SC1. The van der Waals surface area contributed by atoms with Gasteiger partial charge in [0, 0.05) is 23.9 Å². The number of carbonyl (C=O) groups excluding carboxylic acids is 2. The first-order chi connectivity index (χ1) is 17.5. The Bertz CT molecular complexity index is 1350. The molecule has 1 saturated heterocycles. The highest BCUT2D eigenvalue weighted by Crippen LogP contribution is 2.41. The van der Waals surface area contributed by atoms with Crippen molar-refractivity contribution in [2.24, 2.45) is 12.2 Å². The Morgan fingerprint density at radius 3 is 2.78 bits per heavy atom. The number of tetrazole rings is 1. The topological polar surface area (TPSA) is 248 Å². The zero-order chi connectivity index (χ0) is 26.9. The van der Waals surface area contributed by atoms with E-state index in [-0.39, 0.29) is 28.0 Å².